The lowest BCUT2D eigenvalue weighted by molar-refractivity contribution is 0.0600. The third-order valence-corrected chi connectivity index (χ3v) is 4.73. The van der Waals surface area contributed by atoms with Gasteiger partial charge in [0.05, 0.1) is 19.2 Å². The van der Waals surface area contributed by atoms with E-state index in [1.807, 2.05) is 25.1 Å². The second kappa shape index (κ2) is 9.82. The fraction of sp³-hybridized carbons (Fsp3) is 0.167. The maximum absolute atomic E-state index is 12.5. The lowest BCUT2D eigenvalue weighted by Gasteiger charge is -2.05. The molecule has 0 bridgehead atoms. The Bertz CT molecular complexity index is 1260. The summed E-state index contributed by atoms with van der Waals surface area (Å²) < 4.78 is 17.5. The molecule has 0 aliphatic rings. The summed E-state index contributed by atoms with van der Waals surface area (Å²) in [6.45, 7) is 2.70. The number of hydrogen-bond donors (Lipinski definition) is 1. The molecular formula is C24H22N4O5. The van der Waals surface area contributed by atoms with Gasteiger partial charge >= 0.3 is 5.97 Å². The van der Waals surface area contributed by atoms with Crippen LogP contribution in [0.15, 0.2) is 71.4 Å². The Hall–Kier alpha value is -4.40. The van der Waals surface area contributed by atoms with E-state index in [-0.39, 0.29) is 18.3 Å². The van der Waals surface area contributed by atoms with Gasteiger partial charge in [-0.3, -0.25) is 10.1 Å². The number of nitrogens with zero attached hydrogens (tertiary/aromatic N) is 3. The highest BCUT2D eigenvalue weighted by molar-refractivity contribution is 6.01. The topological polar surface area (TPSA) is 108 Å². The van der Waals surface area contributed by atoms with Crippen LogP contribution in [0.4, 0.5) is 5.95 Å². The number of hydrogen-bond acceptors (Lipinski definition) is 7. The van der Waals surface area contributed by atoms with Crippen LogP contribution in [0, 0.1) is 6.92 Å². The summed E-state index contributed by atoms with van der Waals surface area (Å²) in [5.74, 6) is 0.440. The first-order valence-corrected chi connectivity index (χ1v) is 10.2. The monoisotopic (exact) mass is 446 g/mol. The first-order valence-electron chi connectivity index (χ1n) is 10.2. The molecule has 9 nitrogen and oxygen atoms in total. The summed E-state index contributed by atoms with van der Waals surface area (Å²) in [5.41, 5.74) is 2.68. The number of rotatable bonds is 8. The normalized spacial score (nSPS) is 10.6. The predicted molar refractivity (Wildman–Crippen MR) is 119 cm³/mol. The van der Waals surface area contributed by atoms with Gasteiger partial charge in [0.15, 0.2) is 5.76 Å². The number of ether oxygens (including phenoxy) is 2. The van der Waals surface area contributed by atoms with E-state index >= 15 is 0 Å². The summed E-state index contributed by atoms with van der Waals surface area (Å²) in [5, 5.41) is 6.91. The molecule has 0 saturated carbocycles. The third-order valence-electron chi connectivity index (χ3n) is 4.73. The molecule has 33 heavy (non-hydrogen) atoms. The fourth-order valence-electron chi connectivity index (χ4n) is 3.13. The van der Waals surface area contributed by atoms with E-state index < -0.39 is 11.9 Å². The van der Waals surface area contributed by atoms with Gasteiger partial charge in [0.1, 0.15) is 24.4 Å². The molecule has 4 rings (SSSR count). The molecule has 0 atom stereocenters. The summed E-state index contributed by atoms with van der Waals surface area (Å²) >= 11 is 0. The number of benzene rings is 2. The van der Waals surface area contributed by atoms with E-state index in [4.69, 9.17) is 9.15 Å². The number of amides is 1. The molecule has 0 radical (unpaired) electrons. The van der Waals surface area contributed by atoms with E-state index in [2.05, 4.69) is 26.2 Å². The van der Waals surface area contributed by atoms with Crippen LogP contribution in [-0.2, 0) is 17.9 Å². The Labute approximate surface area is 190 Å². The predicted octanol–water partition coefficient (Wildman–Crippen LogP) is 3.85. The molecule has 0 unspecified atom stereocenters. The van der Waals surface area contributed by atoms with Crippen molar-refractivity contribution in [3.05, 3.63) is 95.2 Å². The molecule has 2 aromatic carbocycles. The quantitative estimate of drug-likeness (QED) is 0.410. The molecule has 2 heterocycles. The van der Waals surface area contributed by atoms with Crippen LogP contribution >= 0.6 is 0 Å². The van der Waals surface area contributed by atoms with Crippen molar-refractivity contribution in [3.63, 3.8) is 0 Å². The molecule has 0 saturated heterocycles. The van der Waals surface area contributed by atoms with Gasteiger partial charge in [-0.2, -0.15) is 0 Å². The molecule has 0 aliphatic heterocycles. The average molecular weight is 446 g/mol. The molecule has 0 spiro atoms. The average Bonchev–Trinajstić information content (AvgIpc) is 3.47. The number of furan rings is 1. The number of methoxy groups -OCH3 is 1. The van der Waals surface area contributed by atoms with Gasteiger partial charge in [0.2, 0.25) is 5.95 Å². The van der Waals surface area contributed by atoms with E-state index in [0.717, 1.165) is 11.1 Å². The van der Waals surface area contributed by atoms with Crippen molar-refractivity contribution in [1.82, 2.24) is 14.8 Å². The molecule has 0 aliphatic carbocycles. The molecule has 1 N–H and O–H groups in total. The van der Waals surface area contributed by atoms with E-state index in [1.165, 1.54) is 7.11 Å². The minimum absolute atomic E-state index is 0.115. The Morgan fingerprint density at radius 3 is 2.67 bits per heavy atom. The maximum Gasteiger partial charge on any atom is 0.337 e. The Balaban J connectivity index is 1.31. The van der Waals surface area contributed by atoms with Crippen molar-refractivity contribution < 1.29 is 23.5 Å². The van der Waals surface area contributed by atoms with Crippen LogP contribution in [0.5, 0.6) is 5.75 Å². The van der Waals surface area contributed by atoms with Gasteiger partial charge in [0.25, 0.3) is 5.91 Å². The van der Waals surface area contributed by atoms with Gasteiger partial charge in [-0.15, -0.1) is 5.10 Å². The minimum atomic E-state index is -0.461. The Morgan fingerprint density at radius 1 is 1.09 bits per heavy atom. The third kappa shape index (κ3) is 5.65. The van der Waals surface area contributed by atoms with Gasteiger partial charge in [-0.25, -0.2) is 14.5 Å². The number of anilines is 1. The highest BCUT2D eigenvalue weighted by Crippen LogP contribution is 2.17. The SMILES string of the molecule is COC(=O)c1ccc(OCc2ccc(C(=O)Nc3ncn(Cc4cccc(C)c4)n3)o2)cc1. The number of carbonyl (C=O) groups is 2. The molecule has 4 aromatic rings. The van der Waals surface area contributed by atoms with Crippen LogP contribution in [0.1, 0.15) is 37.8 Å². The highest BCUT2D eigenvalue weighted by Gasteiger charge is 2.14. The van der Waals surface area contributed by atoms with Crippen LogP contribution in [0.25, 0.3) is 0 Å². The molecule has 168 valence electrons. The van der Waals surface area contributed by atoms with E-state index in [0.29, 0.717) is 23.6 Å². The summed E-state index contributed by atoms with van der Waals surface area (Å²) in [6.07, 6.45) is 1.56. The van der Waals surface area contributed by atoms with Crippen molar-refractivity contribution in [2.45, 2.75) is 20.1 Å². The molecular weight excluding hydrogens is 424 g/mol. The number of aryl methyl sites for hydroxylation is 1. The zero-order chi connectivity index (χ0) is 23.2. The zero-order valence-corrected chi connectivity index (χ0v) is 18.1. The van der Waals surface area contributed by atoms with Crippen molar-refractivity contribution in [3.8, 4) is 5.75 Å². The van der Waals surface area contributed by atoms with Gasteiger partial charge in [-0.05, 0) is 48.9 Å². The van der Waals surface area contributed by atoms with Gasteiger partial charge in [0, 0.05) is 0 Å². The van der Waals surface area contributed by atoms with Crippen molar-refractivity contribution in [1.29, 1.82) is 0 Å². The van der Waals surface area contributed by atoms with E-state index in [1.54, 1.807) is 47.4 Å². The minimum Gasteiger partial charge on any atom is -0.486 e. The standard InChI is InChI=1S/C24H22N4O5/c1-16-4-3-5-17(12-16)13-28-15-25-24(27-28)26-22(29)21-11-10-20(33-21)14-32-19-8-6-18(7-9-19)23(30)31-2/h3-12,15H,13-14H2,1-2H3,(H,26,27,29). The number of aromatic nitrogens is 3. The number of nitrogens with one attached hydrogen (secondary N) is 1. The maximum atomic E-state index is 12.5. The Kier molecular flexibility index (Phi) is 6.49. The van der Waals surface area contributed by atoms with Crippen molar-refractivity contribution in [2.24, 2.45) is 0 Å². The number of carbonyl (C=O) groups excluding carboxylic acids is 2. The molecule has 0 fully saturated rings. The van der Waals surface area contributed by atoms with Crippen LogP contribution < -0.4 is 10.1 Å². The van der Waals surface area contributed by atoms with Crippen LogP contribution in [0.3, 0.4) is 0 Å². The van der Waals surface area contributed by atoms with E-state index in [9.17, 15) is 9.59 Å². The van der Waals surface area contributed by atoms with Gasteiger partial charge in [-0.1, -0.05) is 29.8 Å². The van der Waals surface area contributed by atoms with Gasteiger partial charge < -0.3 is 13.9 Å². The van der Waals surface area contributed by atoms with Crippen LogP contribution in [0.2, 0.25) is 0 Å². The summed E-state index contributed by atoms with van der Waals surface area (Å²) in [6, 6.07) is 17.8. The second-order valence-corrected chi connectivity index (χ2v) is 7.28. The van der Waals surface area contributed by atoms with Crippen molar-refractivity contribution >= 4 is 17.8 Å². The lowest BCUT2D eigenvalue weighted by Crippen LogP contribution is -2.12. The summed E-state index contributed by atoms with van der Waals surface area (Å²) in [4.78, 5) is 28.1. The van der Waals surface area contributed by atoms with Crippen molar-refractivity contribution in [2.75, 3.05) is 12.4 Å². The first-order chi connectivity index (χ1) is 16.0. The first kappa shape index (κ1) is 21.8. The molecule has 2 aromatic heterocycles. The second-order valence-electron chi connectivity index (χ2n) is 7.28. The molecule has 9 heteroatoms. The lowest BCUT2D eigenvalue weighted by atomic mass is 10.1. The zero-order valence-electron chi connectivity index (χ0n) is 18.1. The molecule has 1 amide bonds. The smallest absolute Gasteiger partial charge is 0.337 e. The number of esters is 1. The van der Waals surface area contributed by atoms with Crippen LogP contribution in [-0.4, -0.2) is 33.8 Å². The fourth-order valence-corrected chi connectivity index (χ4v) is 3.13. The Morgan fingerprint density at radius 2 is 1.91 bits per heavy atom. The highest BCUT2D eigenvalue weighted by atomic mass is 16.5. The summed E-state index contributed by atoms with van der Waals surface area (Å²) in [7, 11) is 1.32. The largest absolute Gasteiger partial charge is 0.486 e.